The Morgan fingerprint density at radius 3 is 2.30 bits per heavy atom. The molecule has 0 spiro atoms. The van der Waals surface area contributed by atoms with Crippen LogP contribution in [0.4, 0.5) is 0 Å². The van der Waals surface area contributed by atoms with E-state index >= 15 is 0 Å². The van der Waals surface area contributed by atoms with Gasteiger partial charge in [-0.15, -0.1) is 24.0 Å². The summed E-state index contributed by atoms with van der Waals surface area (Å²) in [7, 11) is 0. The lowest BCUT2D eigenvalue weighted by Crippen LogP contribution is -2.38. The lowest BCUT2D eigenvalue weighted by atomic mass is 10.1. The number of amides is 1. The number of aryl methyl sites for hydroxylation is 1. The van der Waals surface area contributed by atoms with Gasteiger partial charge in [0, 0.05) is 25.2 Å². The van der Waals surface area contributed by atoms with Crippen LogP contribution >= 0.6 is 24.0 Å². The standard InChI is InChI=1S/C21H28N4O.HI/c1-3-22-21(25-16-19-13-8-7-10-17(19)2)24-15-9-14-23-20(26)18-11-5-4-6-12-18;/h4-8,10-13H,3,9,14-16H2,1-2H3,(H,23,26)(H2,22,24,25);1H. The van der Waals surface area contributed by atoms with Gasteiger partial charge in [0.2, 0.25) is 0 Å². The second-order valence-corrected chi connectivity index (χ2v) is 6.02. The number of halogens is 1. The molecule has 0 radical (unpaired) electrons. The van der Waals surface area contributed by atoms with Gasteiger partial charge in [0.1, 0.15) is 0 Å². The van der Waals surface area contributed by atoms with Crippen molar-refractivity contribution in [2.24, 2.45) is 4.99 Å². The number of carbonyl (C=O) groups excluding carboxylic acids is 1. The van der Waals surface area contributed by atoms with Crippen molar-refractivity contribution in [1.29, 1.82) is 0 Å². The first-order valence-electron chi connectivity index (χ1n) is 9.10. The topological polar surface area (TPSA) is 65.5 Å². The Balaban J connectivity index is 0.00000364. The van der Waals surface area contributed by atoms with E-state index in [2.05, 4.69) is 40.0 Å². The summed E-state index contributed by atoms with van der Waals surface area (Å²) in [6.45, 7) is 6.97. The molecule has 0 heterocycles. The fraction of sp³-hybridized carbons (Fsp3) is 0.333. The molecular weight excluding hydrogens is 451 g/mol. The monoisotopic (exact) mass is 480 g/mol. The average Bonchev–Trinajstić information content (AvgIpc) is 2.67. The molecule has 2 aromatic rings. The predicted octanol–water partition coefficient (Wildman–Crippen LogP) is 3.49. The first kappa shape index (κ1) is 23.0. The summed E-state index contributed by atoms with van der Waals surface area (Å²) in [5.74, 6) is 0.760. The molecule has 0 bridgehead atoms. The quantitative estimate of drug-likeness (QED) is 0.235. The van der Waals surface area contributed by atoms with Crippen molar-refractivity contribution in [3.8, 4) is 0 Å². The normalized spacial score (nSPS) is 10.7. The highest BCUT2D eigenvalue weighted by Crippen LogP contribution is 2.07. The number of hydrogen-bond donors (Lipinski definition) is 3. The Bertz CT molecular complexity index is 719. The van der Waals surface area contributed by atoms with Crippen molar-refractivity contribution in [3.63, 3.8) is 0 Å². The van der Waals surface area contributed by atoms with Gasteiger partial charge in [-0.3, -0.25) is 4.79 Å². The number of nitrogens with zero attached hydrogens (tertiary/aromatic N) is 1. The zero-order valence-electron chi connectivity index (χ0n) is 16.0. The number of carbonyl (C=O) groups is 1. The number of benzene rings is 2. The van der Waals surface area contributed by atoms with Crippen molar-refractivity contribution >= 4 is 35.8 Å². The Morgan fingerprint density at radius 1 is 0.926 bits per heavy atom. The first-order valence-corrected chi connectivity index (χ1v) is 9.10. The lowest BCUT2D eigenvalue weighted by molar-refractivity contribution is 0.0953. The van der Waals surface area contributed by atoms with Gasteiger partial charge in [0.25, 0.3) is 5.91 Å². The SMILES string of the molecule is CCNC(=NCc1ccccc1C)NCCCNC(=O)c1ccccc1.I. The number of guanidine groups is 1. The van der Waals surface area contributed by atoms with E-state index in [1.165, 1.54) is 11.1 Å². The molecule has 3 N–H and O–H groups in total. The Morgan fingerprint density at radius 2 is 1.59 bits per heavy atom. The van der Waals surface area contributed by atoms with Gasteiger partial charge in [-0.2, -0.15) is 0 Å². The summed E-state index contributed by atoms with van der Waals surface area (Å²) in [6, 6.07) is 17.5. The Kier molecular flexibility index (Phi) is 11.2. The largest absolute Gasteiger partial charge is 0.357 e. The number of nitrogens with one attached hydrogen (secondary N) is 3. The summed E-state index contributed by atoms with van der Waals surface area (Å²) in [5.41, 5.74) is 3.16. The molecule has 0 aliphatic heterocycles. The molecule has 0 unspecified atom stereocenters. The molecule has 27 heavy (non-hydrogen) atoms. The molecule has 2 aromatic carbocycles. The van der Waals surface area contributed by atoms with E-state index in [9.17, 15) is 4.79 Å². The minimum absolute atomic E-state index is 0. The molecular formula is C21H29IN4O. The van der Waals surface area contributed by atoms with Crippen LogP contribution in [0.15, 0.2) is 59.6 Å². The minimum Gasteiger partial charge on any atom is -0.357 e. The van der Waals surface area contributed by atoms with E-state index in [0.717, 1.165) is 25.5 Å². The number of aliphatic imine (C=N–C) groups is 1. The minimum atomic E-state index is -0.0364. The molecule has 0 aliphatic rings. The number of rotatable bonds is 8. The summed E-state index contributed by atoms with van der Waals surface area (Å²) >= 11 is 0. The Hall–Kier alpha value is -2.09. The molecule has 146 valence electrons. The highest BCUT2D eigenvalue weighted by molar-refractivity contribution is 14.0. The van der Waals surface area contributed by atoms with Gasteiger partial charge in [0.05, 0.1) is 6.54 Å². The highest BCUT2D eigenvalue weighted by atomic mass is 127. The third-order valence-electron chi connectivity index (χ3n) is 3.98. The predicted molar refractivity (Wildman–Crippen MR) is 123 cm³/mol. The smallest absolute Gasteiger partial charge is 0.251 e. The van der Waals surface area contributed by atoms with E-state index in [1.54, 1.807) is 0 Å². The maximum Gasteiger partial charge on any atom is 0.251 e. The van der Waals surface area contributed by atoms with Gasteiger partial charge >= 0.3 is 0 Å². The van der Waals surface area contributed by atoms with Crippen LogP contribution in [0.2, 0.25) is 0 Å². The van der Waals surface area contributed by atoms with Crippen molar-refractivity contribution in [3.05, 3.63) is 71.3 Å². The van der Waals surface area contributed by atoms with Crippen LogP contribution < -0.4 is 16.0 Å². The second-order valence-electron chi connectivity index (χ2n) is 6.02. The third kappa shape index (κ3) is 8.43. The van der Waals surface area contributed by atoms with Crippen molar-refractivity contribution in [1.82, 2.24) is 16.0 Å². The highest BCUT2D eigenvalue weighted by Gasteiger charge is 2.03. The zero-order valence-corrected chi connectivity index (χ0v) is 18.3. The van der Waals surface area contributed by atoms with Crippen molar-refractivity contribution in [2.45, 2.75) is 26.8 Å². The summed E-state index contributed by atoms with van der Waals surface area (Å²) in [4.78, 5) is 16.6. The van der Waals surface area contributed by atoms with Gasteiger partial charge in [-0.05, 0) is 43.5 Å². The fourth-order valence-electron chi connectivity index (χ4n) is 2.48. The second kappa shape index (κ2) is 13.1. The fourth-order valence-corrected chi connectivity index (χ4v) is 2.48. The van der Waals surface area contributed by atoms with Crippen LogP contribution in [0.1, 0.15) is 34.8 Å². The molecule has 6 heteroatoms. The van der Waals surface area contributed by atoms with E-state index in [-0.39, 0.29) is 29.9 Å². The maximum absolute atomic E-state index is 12.0. The number of hydrogen-bond acceptors (Lipinski definition) is 2. The molecule has 2 rings (SSSR count). The van der Waals surface area contributed by atoms with Crippen LogP contribution in [0, 0.1) is 6.92 Å². The zero-order chi connectivity index (χ0) is 18.6. The van der Waals surface area contributed by atoms with Crippen LogP contribution in [-0.2, 0) is 6.54 Å². The molecule has 0 fully saturated rings. The van der Waals surface area contributed by atoms with Crippen LogP contribution in [0.5, 0.6) is 0 Å². The summed E-state index contributed by atoms with van der Waals surface area (Å²) < 4.78 is 0. The lowest BCUT2D eigenvalue weighted by Gasteiger charge is -2.12. The van der Waals surface area contributed by atoms with E-state index in [0.29, 0.717) is 18.7 Å². The van der Waals surface area contributed by atoms with Crippen molar-refractivity contribution in [2.75, 3.05) is 19.6 Å². The molecule has 0 aromatic heterocycles. The van der Waals surface area contributed by atoms with Gasteiger partial charge in [0.15, 0.2) is 5.96 Å². The van der Waals surface area contributed by atoms with Gasteiger partial charge in [-0.25, -0.2) is 4.99 Å². The van der Waals surface area contributed by atoms with Crippen molar-refractivity contribution < 1.29 is 4.79 Å². The van der Waals surface area contributed by atoms with E-state index < -0.39 is 0 Å². The summed E-state index contributed by atoms with van der Waals surface area (Å²) in [5, 5.41) is 9.49. The maximum atomic E-state index is 12.0. The average molecular weight is 480 g/mol. The first-order chi connectivity index (χ1) is 12.7. The molecule has 5 nitrogen and oxygen atoms in total. The van der Waals surface area contributed by atoms with Crippen LogP contribution in [-0.4, -0.2) is 31.5 Å². The van der Waals surface area contributed by atoms with E-state index in [1.807, 2.05) is 49.4 Å². The third-order valence-corrected chi connectivity index (χ3v) is 3.98. The Labute approximate surface area is 179 Å². The van der Waals surface area contributed by atoms with Gasteiger partial charge < -0.3 is 16.0 Å². The van der Waals surface area contributed by atoms with Gasteiger partial charge in [-0.1, -0.05) is 42.5 Å². The molecule has 0 saturated carbocycles. The molecule has 1 amide bonds. The van der Waals surface area contributed by atoms with E-state index in [4.69, 9.17) is 0 Å². The molecule has 0 aliphatic carbocycles. The van der Waals surface area contributed by atoms with Crippen LogP contribution in [0.3, 0.4) is 0 Å². The summed E-state index contributed by atoms with van der Waals surface area (Å²) in [6.07, 6.45) is 0.827. The molecule has 0 saturated heterocycles. The molecule has 0 atom stereocenters. The van der Waals surface area contributed by atoms with Crippen LogP contribution in [0.25, 0.3) is 0 Å².